The van der Waals surface area contributed by atoms with Gasteiger partial charge in [0.2, 0.25) is 5.91 Å². The number of hydrogen-bond donors (Lipinski definition) is 2. The van der Waals surface area contributed by atoms with Crippen LogP contribution in [0.15, 0.2) is 24.3 Å². The van der Waals surface area contributed by atoms with Crippen molar-refractivity contribution in [2.24, 2.45) is 5.92 Å². The zero-order valence-corrected chi connectivity index (χ0v) is 10.9. The summed E-state index contributed by atoms with van der Waals surface area (Å²) in [5, 5.41) is 16.1. The fourth-order valence-corrected chi connectivity index (χ4v) is 1.93. The van der Waals surface area contributed by atoms with Crippen molar-refractivity contribution in [3.05, 3.63) is 34.4 Å². The van der Waals surface area contributed by atoms with Crippen molar-refractivity contribution in [3.8, 4) is 0 Å². The predicted molar refractivity (Wildman–Crippen MR) is 74.8 cm³/mol. The molecule has 0 aliphatic heterocycles. The van der Waals surface area contributed by atoms with Gasteiger partial charge in [-0.25, -0.2) is 0 Å². The van der Waals surface area contributed by atoms with Crippen LogP contribution >= 0.6 is 12.2 Å². The highest BCUT2D eigenvalue weighted by molar-refractivity contribution is 7.80. The number of nitrogens with one attached hydrogen (secondary N) is 2. The molecule has 0 unspecified atom stereocenters. The van der Waals surface area contributed by atoms with Gasteiger partial charge in [-0.2, -0.15) is 0 Å². The third kappa shape index (κ3) is 3.47. The standard InChI is InChI=1S/C12H13N3O3S/c16-11(8-2-1-3-8)14-12(19)13-9-4-6-10(7-5-9)15(17)18/h4-8H,1-3H2,(H2,13,14,16,19). The van der Waals surface area contributed by atoms with E-state index in [1.807, 2.05) is 0 Å². The van der Waals surface area contributed by atoms with E-state index in [9.17, 15) is 14.9 Å². The van der Waals surface area contributed by atoms with Gasteiger partial charge in [-0.1, -0.05) is 6.42 Å². The van der Waals surface area contributed by atoms with Crippen molar-refractivity contribution in [2.75, 3.05) is 5.32 Å². The van der Waals surface area contributed by atoms with Crippen LogP contribution in [0, 0.1) is 16.0 Å². The number of nitro benzene ring substituents is 1. The maximum Gasteiger partial charge on any atom is 0.269 e. The number of nitrogens with zero attached hydrogens (tertiary/aromatic N) is 1. The largest absolute Gasteiger partial charge is 0.332 e. The van der Waals surface area contributed by atoms with Crippen LogP contribution in [-0.2, 0) is 4.79 Å². The average Bonchev–Trinajstić information content (AvgIpc) is 2.26. The molecule has 1 aliphatic rings. The number of anilines is 1. The summed E-state index contributed by atoms with van der Waals surface area (Å²) in [5.41, 5.74) is 0.611. The van der Waals surface area contributed by atoms with Crippen LogP contribution < -0.4 is 10.6 Å². The molecule has 0 heterocycles. The molecule has 0 saturated heterocycles. The first-order chi connectivity index (χ1) is 9.06. The molecule has 19 heavy (non-hydrogen) atoms. The third-order valence-electron chi connectivity index (χ3n) is 3.05. The van der Waals surface area contributed by atoms with Gasteiger partial charge in [-0.15, -0.1) is 0 Å². The van der Waals surface area contributed by atoms with Crippen LogP contribution in [0.3, 0.4) is 0 Å². The van der Waals surface area contributed by atoms with E-state index in [-0.39, 0.29) is 22.6 Å². The molecular weight excluding hydrogens is 266 g/mol. The third-order valence-corrected chi connectivity index (χ3v) is 3.25. The van der Waals surface area contributed by atoms with E-state index < -0.39 is 4.92 Å². The molecule has 0 atom stereocenters. The minimum atomic E-state index is -0.472. The second-order valence-corrected chi connectivity index (χ2v) is 4.78. The van der Waals surface area contributed by atoms with Crippen LogP contribution in [0.5, 0.6) is 0 Å². The van der Waals surface area contributed by atoms with Crippen molar-refractivity contribution in [1.82, 2.24) is 5.32 Å². The Morgan fingerprint density at radius 3 is 2.42 bits per heavy atom. The first-order valence-corrected chi connectivity index (χ1v) is 6.33. The zero-order valence-electron chi connectivity index (χ0n) is 10.1. The van der Waals surface area contributed by atoms with E-state index in [2.05, 4.69) is 10.6 Å². The molecular formula is C12H13N3O3S. The number of benzene rings is 1. The van der Waals surface area contributed by atoms with Gasteiger partial charge in [-0.3, -0.25) is 14.9 Å². The Labute approximate surface area is 115 Å². The lowest BCUT2D eigenvalue weighted by Crippen LogP contribution is -2.40. The van der Waals surface area contributed by atoms with Gasteiger partial charge in [0.05, 0.1) is 4.92 Å². The Balaban J connectivity index is 1.87. The molecule has 0 radical (unpaired) electrons. The fourth-order valence-electron chi connectivity index (χ4n) is 1.71. The van der Waals surface area contributed by atoms with E-state index in [1.165, 1.54) is 12.1 Å². The topological polar surface area (TPSA) is 84.3 Å². The molecule has 7 heteroatoms. The monoisotopic (exact) mass is 279 g/mol. The maximum absolute atomic E-state index is 11.6. The van der Waals surface area contributed by atoms with Gasteiger partial charge >= 0.3 is 0 Å². The predicted octanol–water partition coefficient (Wildman–Crippen LogP) is 2.21. The molecule has 2 rings (SSSR count). The van der Waals surface area contributed by atoms with Crippen LogP contribution in [0.2, 0.25) is 0 Å². The molecule has 1 aliphatic carbocycles. The van der Waals surface area contributed by atoms with Gasteiger partial charge in [0.15, 0.2) is 5.11 Å². The summed E-state index contributed by atoms with van der Waals surface area (Å²) >= 11 is 5.01. The molecule has 6 nitrogen and oxygen atoms in total. The van der Waals surface area contributed by atoms with Crippen molar-refractivity contribution in [3.63, 3.8) is 0 Å². The van der Waals surface area contributed by atoms with E-state index in [1.54, 1.807) is 12.1 Å². The van der Waals surface area contributed by atoms with Gasteiger partial charge in [-0.05, 0) is 37.2 Å². The highest BCUT2D eigenvalue weighted by atomic mass is 32.1. The molecule has 0 bridgehead atoms. The SMILES string of the molecule is O=C(NC(=S)Nc1ccc([N+](=O)[O-])cc1)C1CCC1. The second-order valence-electron chi connectivity index (χ2n) is 4.38. The van der Waals surface area contributed by atoms with Crippen LogP contribution in [-0.4, -0.2) is 15.9 Å². The van der Waals surface area contributed by atoms with Gasteiger partial charge < -0.3 is 10.6 Å². The smallest absolute Gasteiger partial charge is 0.269 e. The number of carbonyl (C=O) groups excluding carboxylic acids is 1. The zero-order chi connectivity index (χ0) is 13.8. The summed E-state index contributed by atoms with van der Waals surface area (Å²) in [6, 6.07) is 5.83. The summed E-state index contributed by atoms with van der Waals surface area (Å²) in [7, 11) is 0. The summed E-state index contributed by atoms with van der Waals surface area (Å²) < 4.78 is 0. The van der Waals surface area contributed by atoms with Gasteiger partial charge in [0.1, 0.15) is 0 Å². The molecule has 1 saturated carbocycles. The van der Waals surface area contributed by atoms with Gasteiger partial charge in [0.25, 0.3) is 5.69 Å². The highest BCUT2D eigenvalue weighted by Gasteiger charge is 2.25. The first kappa shape index (κ1) is 13.4. The number of hydrogen-bond acceptors (Lipinski definition) is 4. The maximum atomic E-state index is 11.6. The average molecular weight is 279 g/mol. The highest BCUT2D eigenvalue weighted by Crippen LogP contribution is 2.26. The molecule has 0 spiro atoms. The van der Waals surface area contributed by atoms with Crippen LogP contribution in [0.25, 0.3) is 0 Å². The lowest BCUT2D eigenvalue weighted by molar-refractivity contribution is -0.384. The van der Waals surface area contributed by atoms with E-state index in [0.29, 0.717) is 5.69 Å². The summed E-state index contributed by atoms with van der Waals surface area (Å²) in [4.78, 5) is 21.7. The van der Waals surface area contributed by atoms with E-state index in [0.717, 1.165) is 19.3 Å². The molecule has 2 N–H and O–H groups in total. The molecule has 1 aromatic rings. The second kappa shape index (κ2) is 5.75. The van der Waals surface area contributed by atoms with Crippen LogP contribution in [0.4, 0.5) is 11.4 Å². The lowest BCUT2D eigenvalue weighted by atomic mass is 9.85. The summed E-state index contributed by atoms with van der Waals surface area (Å²) in [5.74, 6) is 0.00210. The fraction of sp³-hybridized carbons (Fsp3) is 0.333. The molecule has 100 valence electrons. The summed E-state index contributed by atoms with van der Waals surface area (Å²) in [6.45, 7) is 0. The van der Waals surface area contributed by atoms with E-state index >= 15 is 0 Å². The van der Waals surface area contributed by atoms with Crippen molar-refractivity contribution >= 4 is 34.6 Å². The molecule has 1 aromatic carbocycles. The Bertz CT molecular complexity index is 511. The van der Waals surface area contributed by atoms with Gasteiger partial charge in [0, 0.05) is 23.7 Å². The van der Waals surface area contributed by atoms with E-state index in [4.69, 9.17) is 12.2 Å². The molecule has 0 aromatic heterocycles. The Morgan fingerprint density at radius 1 is 1.32 bits per heavy atom. The Kier molecular flexibility index (Phi) is 4.06. The number of amides is 1. The quantitative estimate of drug-likeness (QED) is 0.503. The van der Waals surface area contributed by atoms with Crippen molar-refractivity contribution < 1.29 is 9.72 Å². The summed E-state index contributed by atoms with van der Waals surface area (Å²) in [6.07, 6.45) is 2.90. The van der Waals surface area contributed by atoms with Crippen molar-refractivity contribution in [2.45, 2.75) is 19.3 Å². The minimum absolute atomic E-state index is 0.00923. The first-order valence-electron chi connectivity index (χ1n) is 5.92. The molecule has 1 fully saturated rings. The van der Waals surface area contributed by atoms with Crippen LogP contribution in [0.1, 0.15) is 19.3 Å². The lowest BCUT2D eigenvalue weighted by Gasteiger charge is -2.24. The number of thiocarbonyl (C=S) groups is 1. The Hall–Kier alpha value is -2.02. The number of rotatable bonds is 3. The normalized spacial score (nSPS) is 14.3. The molecule has 1 amide bonds. The number of carbonyl (C=O) groups is 1. The number of nitro groups is 1. The number of non-ortho nitro benzene ring substituents is 1. The Morgan fingerprint density at radius 2 is 1.95 bits per heavy atom. The van der Waals surface area contributed by atoms with Crippen molar-refractivity contribution in [1.29, 1.82) is 0 Å². The minimum Gasteiger partial charge on any atom is -0.332 e.